The van der Waals surface area contributed by atoms with Crippen LogP contribution in [0.1, 0.15) is 19.8 Å². The van der Waals surface area contributed by atoms with Gasteiger partial charge in [-0.05, 0) is 38.6 Å². The molecule has 2 rings (SSSR count). The minimum absolute atomic E-state index is 0.118. The van der Waals surface area contributed by atoms with Gasteiger partial charge in [-0.1, -0.05) is 18.5 Å². The molecule has 0 amide bonds. The van der Waals surface area contributed by atoms with Crippen LogP contribution in [-0.2, 0) is 0 Å². The number of likely N-dealkylation sites (tertiary alicyclic amines) is 1. The van der Waals surface area contributed by atoms with Crippen LogP contribution in [0, 0.1) is 5.92 Å². The first-order chi connectivity index (χ1) is 8.56. The predicted molar refractivity (Wildman–Crippen MR) is 73.4 cm³/mol. The number of nitrogens with zero attached hydrogens (tertiary/aromatic N) is 1. The number of rotatable bonds is 2. The fourth-order valence-corrected chi connectivity index (χ4v) is 2.64. The highest BCUT2D eigenvalue weighted by atomic mass is 35.5. The van der Waals surface area contributed by atoms with E-state index in [0.29, 0.717) is 16.7 Å². The monoisotopic (exact) mass is 269 g/mol. The van der Waals surface area contributed by atoms with Crippen LogP contribution in [0.3, 0.4) is 0 Å². The van der Waals surface area contributed by atoms with Gasteiger partial charge in [-0.25, -0.2) is 0 Å². The van der Waals surface area contributed by atoms with Crippen molar-refractivity contribution in [1.82, 2.24) is 4.90 Å². The van der Waals surface area contributed by atoms with Crippen LogP contribution in [0.15, 0.2) is 18.2 Å². The molecule has 1 aromatic rings. The topological polar surface area (TPSA) is 32.7 Å². The van der Waals surface area contributed by atoms with Crippen molar-refractivity contribution < 1.29 is 9.84 Å². The number of hydrogen-bond donors (Lipinski definition) is 1. The number of phenolic OH excluding ortho intramolecular Hbond substituents is 1. The van der Waals surface area contributed by atoms with Gasteiger partial charge in [-0.15, -0.1) is 0 Å². The number of benzene rings is 1. The van der Waals surface area contributed by atoms with Crippen molar-refractivity contribution in [2.24, 2.45) is 5.92 Å². The highest BCUT2D eigenvalue weighted by Crippen LogP contribution is 2.32. The van der Waals surface area contributed by atoms with E-state index >= 15 is 0 Å². The first-order valence-corrected chi connectivity index (χ1v) is 6.78. The van der Waals surface area contributed by atoms with Gasteiger partial charge in [-0.3, -0.25) is 0 Å². The molecule has 1 aliphatic heterocycles. The lowest BCUT2D eigenvalue weighted by Gasteiger charge is -2.24. The van der Waals surface area contributed by atoms with Gasteiger partial charge < -0.3 is 14.7 Å². The van der Waals surface area contributed by atoms with Gasteiger partial charge in [0.25, 0.3) is 0 Å². The van der Waals surface area contributed by atoms with Crippen LogP contribution in [0.4, 0.5) is 0 Å². The second-order valence-corrected chi connectivity index (χ2v) is 5.59. The lowest BCUT2D eigenvalue weighted by atomic mass is 10.0. The Morgan fingerprint density at radius 1 is 1.44 bits per heavy atom. The fraction of sp³-hybridized carbons (Fsp3) is 0.571. The summed E-state index contributed by atoms with van der Waals surface area (Å²) < 4.78 is 5.95. The Bertz CT molecular complexity index is 411. The Morgan fingerprint density at radius 2 is 2.22 bits per heavy atom. The van der Waals surface area contributed by atoms with Gasteiger partial charge in [-0.2, -0.15) is 0 Å². The zero-order valence-electron chi connectivity index (χ0n) is 10.9. The molecule has 0 spiro atoms. The summed E-state index contributed by atoms with van der Waals surface area (Å²) in [5.74, 6) is 1.10. The second kappa shape index (κ2) is 5.81. The maximum absolute atomic E-state index is 9.81. The molecule has 1 heterocycles. The van der Waals surface area contributed by atoms with E-state index in [1.165, 1.54) is 6.07 Å². The molecule has 4 heteroatoms. The van der Waals surface area contributed by atoms with E-state index in [-0.39, 0.29) is 11.9 Å². The Labute approximate surface area is 113 Å². The molecule has 0 radical (unpaired) electrons. The third kappa shape index (κ3) is 3.30. The molecule has 0 aromatic heterocycles. The standard InChI is InChI=1S/C14H20ClNO2/c1-10-9-16(2)7-3-4-13(10)18-14-6-5-11(15)8-12(14)17/h5-6,8,10,13,17H,3-4,7,9H2,1-2H3. The summed E-state index contributed by atoms with van der Waals surface area (Å²) in [5.41, 5.74) is 0. The van der Waals surface area contributed by atoms with Crippen LogP contribution < -0.4 is 4.74 Å². The van der Waals surface area contributed by atoms with Crippen LogP contribution in [0.2, 0.25) is 5.02 Å². The third-order valence-corrected chi connectivity index (χ3v) is 3.70. The molecule has 2 unspecified atom stereocenters. The van der Waals surface area contributed by atoms with Crippen LogP contribution in [0.5, 0.6) is 11.5 Å². The van der Waals surface area contributed by atoms with Gasteiger partial charge in [0.05, 0.1) is 0 Å². The summed E-state index contributed by atoms with van der Waals surface area (Å²) in [5, 5.41) is 10.3. The van der Waals surface area contributed by atoms with Crippen molar-refractivity contribution >= 4 is 11.6 Å². The van der Waals surface area contributed by atoms with E-state index in [1.807, 2.05) is 0 Å². The van der Waals surface area contributed by atoms with Crippen molar-refractivity contribution in [2.75, 3.05) is 20.1 Å². The molecule has 0 aliphatic carbocycles. The van der Waals surface area contributed by atoms with Gasteiger partial charge >= 0.3 is 0 Å². The van der Waals surface area contributed by atoms with Crippen molar-refractivity contribution in [3.8, 4) is 11.5 Å². The zero-order valence-corrected chi connectivity index (χ0v) is 11.7. The maximum Gasteiger partial charge on any atom is 0.161 e. The quantitative estimate of drug-likeness (QED) is 0.895. The maximum atomic E-state index is 9.81. The summed E-state index contributed by atoms with van der Waals surface area (Å²) in [6, 6.07) is 4.99. The normalized spacial score (nSPS) is 25.7. The highest BCUT2D eigenvalue weighted by Gasteiger charge is 2.24. The molecule has 3 nitrogen and oxygen atoms in total. The summed E-state index contributed by atoms with van der Waals surface area (Å²) in [6.07, 6.45) is 2.30. The average Bonchev–Trinajstić information content (AvgIpc) is 2.44. The molecule has 1 aliphatic rings. The lowest BCUT2D eigenvalue weighted by molar-refractivity contribution is 0.127. The Kier molecular flexibility index (Phi) is 4.36. The first-order valence-electron chi connectivity index (χ1n) is 6.40. The molecule has 2 atom stereocenters. The summed E-state index contributed by atoms with van der Waals surface area (Å²) in [7, 11) is 2.14. The molecule has 18 heavy (non-hydrogen) atoms. The van der Waals surface area contributed by atoms with E-state index in [2.05, 4.69) is 18.9 Å². The van der Waals surface area contributed by atoms with E-state index in [4.69, 9.17) is 16.3 Å². The number of phenols is 1. The minimum Gasteiger partial charge on any atom is -0.504 e. The number of hydrogen-bond acceptors (Lipinski definition) is 3. The summed E-state index contributed by atoms with van der Waals surface area (Å²) in [6.45, 7) is 4.33. The van der Waals surface area contributed by atoms with Gasteiger partial charge in [0.2, 0.25) is 0 Å². The molecule has 0 bridgehead atoms. The van der Waals surface area contributed by atoms with Gasteiger partial charge in [0, 0.05) is 23.6 Å². The first kappa shape index (κ1) is 13.5. The Morgan fingerprint density at radius 3 is 2.94 bits per heavy atom. The smallest absolute Gasteiger partial charge is 0.161 e. The van der Waals surface area contributed by atoms with Crippen molar-refractivity contribution in [3.05, 3.63) is 23.2 Å². The summed E-state index contributed by atoms with van der Waals surface area (Å²) in [4.78, 5) is 2.33. The molecular weight excluding hydrogens is 250 g/mol. The Hall–Kier alpha value is -0.930. The molecule has 0 saturated carbocycles. The predicted octanol–water partition coefficient (Wildman–Crippen LogP) is 3.15. The van der Waals surface area contributed by atoms with Crippen LogP contribution in [0.25, 0.3) is 0 Å². The largest absolute Gasteiger partial charge is 0.504 e. The highest BCUT2D eigenvalue weighted by molar-refractivity contribution is 6.30. The van der Waals surface area contributed by atoms with Crippen molar-refractivity contribution in [1.29, 1.82) is 0 Å². The SMILES string of the molecule is CC1CN(C)CCCC1Oc1ccc(Cl)cc1O. The number of aromatic hydroxyl groups is 1. The molecule has 1 saturated heterocycles. The molecule has 1 N–H and O–H groups in total. The van der Waals surface area contributed by atoms with Gasteiger partial charge in [0.1, 0.15) is 6.10 Å². The molecule has 100 valence electrons. The minimum atomic E-state index is 0.118. The number of halogens is 1. The third-order valence-electron chi connectivity index (χ3n) is 3.46. The number of ether oxygens (including phenoxy) is 1. The summed E-state index contributed by atoms with van der Waals surface area (Å²) >= 11 is 5.81. The van der Waals surface area contributed by atoms with Crippen LogP contribution >= 0.6 is 11.6 Å². The van der Waals surface area contributed by atoms with Gasteiger partial charge in [0.15, 0.2) is 11.5 Å². The Balaban J connectivity index is 2.07. The van der Waals surface area contributed by atoms with Crippen LogP contribution in [-0.4, -0.2) is 36.2 Å². The fourth-order valence-electron chi connectivity index (χ4n) is 2.48. The second-order valence-electron chi connectivity index (χ2n) is 5.15. The lowest BCUT2D eigenvalue weighted by Crippen LogP contribution is -2.30. The zero-order chi connectivity index (χ0) is 13.1. The van der Waals surface area contributed by atoms with E-state index in [0.717, 1.165) is 25.9 Å². The van der Waals surface area contributed by atoms with E-state index in [1.54, 1.807) is 12.1 Å². The van der Waals surface area contributed by atoms with Crippen molar-refractivity contribution in [3.63, 3.8) is 0 Å². The molecular formula is C14H20ClNO2. The van der Waals surface area contributed by atoms with E-state index in [9.17, 15) is 5.11 Å². The van der Waals surface area contributed by atoms with E-state index < -0.39 is 0 Å². The average molecular weight is 270 g/mol. The van der Waals surface area contributed by atoms with Crippen molar-refractivity contribution in [2.45, 2.75) is 25.9 Å². The molecule has 1 fully saturated rings. The molecule has 1 aromatic carbocycles.